The van der Waals surface area contributed by atoms with Crippen LogP contribution < -0.4 is 0 Å². The third-order valence-corrected chi connectivity index (χ3v) is 4.38. The Morgan fingerprint density at radius 2 is 2.04 bits per heavy atom. The fourth-order valence-corrected chi connectivity index (χ4v) is 3.09. The number of pyridine rings is 1. The Bertz CT molecular complexity index is 1130. The zero-order valence-electron chi connectivity index (χ0n) is 14.5. The lowest BCUT2D eigenvalue weighted by atomic mass is 9.98. The third kappa shape index (κ3) is 2.57. The van der Waals surface area contributed by atoms with E-state index in [2.05, 4.69) is 20.3 Å². The molecule has 4 rings (SSSR count). The van der Waals surface area contributed by atoms with Gasteiger partial charge in [0.2, 0.25) is 0 Å². The van der Waals surface area contributed by atoms with E-state index in [-0.39, 0.29) is 5.78 Å². The van der Waals surface area contributed by atoms with Gasteiger partial charge in [-0.1, -0.05) is 0 Å². The van der Waals surface area contributed by atoms with E-state index in [9.17, 15) is 9.18 Å². The molecule has 4 aromatic rings. The quantitative estimate of drug-likeness (QED) is 0.573. The summed E-state index contributed by atoms with van der Waals surface area (Å²) in [6.07, 6.45) is 5.22. The molecule has 0 aliphatic heterocycles. The molecule has 0 radical (unpaired) electrons. The summed E-state index contributed by atoms with van der Waals surface area (Å²) < 4.78 is 16.4. The van der Waals surface area contributed by atoms with E-state index in [0.717, 1.165) is 22.2 Å². The summed E-state index contributed by atoms with van der Waals surface area (Å²) in [6, 6.07) is 4.75. The lowest BCUT2D eigenvalue weighted by Gasteiger charge is -2.09. The molecular formula is C19H16FN5O. The van der Waals surface area contributed by atoms with E-state index in [1.807, 2.05) is 13.2 Å². The average molecular weight is 349 g/mol. The van der Waals surface area contributed by atoms with E-state index in [1.165, 1.54) is 13.0 Å². The van der Waals surface area contributed by atoms with Crippen LogP contribution in [0.25, 0.3) is 33.4 Å². The highest BCUT2D eigenvalue weighted by atomic mass is 19.1. The van der Waals surface area contributed by atoms with Crippen LogP contribution in [0.15, 0.2) is 36.8 Å². The summed E-state index contributed by atoms with van der Waals surface area (Å²) >= 11 is 0. The van der Waals surface area contributed by atoms with Crippen LogP contribution >= 0.6 is 0 Å². The Kier molecular flexibility index (Phi) is 3.64. The van der Waals surface area contributed by atoms with Gasteiger partial charge in [-0.25, -0.2) is 4.39 Å². The van der Waals surface area contributed by atoms with Crippen LogP contribution in [-0.4, -0.2) is 30.7 Å². The molecule has 0 aliphatic rings. The Morgan fingerprint density at radius 1 is 1.23 bits per heavy atom. The first-order valence-corrected chi connectivity index (χ1v) is 8.08. The smallest absolute Gasteiger partial charge is 0.159 e. The number of Topliss-reactive ketones (excluding diaryl/α,β-unsaturated/α-hetero) is 1. The number of benzene rings is 1. The van der Waals surface area contributed by atoms with Crippen molar-refractivity contribution in [3.05, 3.63) is 53.7 Å². The highest BCUT2D eigenvalue weighted by Crippen LogP contribution is 2.31. The van der Waals surface area contributed by atoms with Crippen molar-refractivity contribution in [1.82, 2.24) is 25.0 Å². The van der Waals surface area contributed by atoms with Gasteiger partial charge in [-0.05, 0) is 37.6 Å². The van der Waals surface area contributed by atoms with Crippen molar-refractivity contribution < 1.29 is 9.18 Å². The molecule has 0 saturated carbocycles. The Balaban J connectivity index is 1.90. The standard InChI is InChI=1S/C19H16FN5O/c1-10-4-12(11(2)26)5-15(20)18(10)16-6-14-17(8-21-16)23-24-19(14)13-7-22-25(3)9-13/h4-9H,1-3H3,(H,23,24). The second-order valence-electron chi connectivity index (χ2n) is 6.30. The van der Waals surface area contributed by atoms with Gasteiger partial charge in [-0.15, -0.1) is 0 Å². The van der Waals surface area contributed by atoms with Gasteiger partial charge in [-0.3, -0.25) is 19.6 Å². The first-order valence-electron chi connectivity index (χ1n) is 8.08. The van der Waals surface area contributed by atoms with E-state index in [4.69, 9.17) is 0 Å². The number of carbonyl (C=O) groups is 1. The van der Waals surface area contributed by atoms with Gasteiger partial charge in [0.05, 0.1) is 23.6 Å². The van der Waals surface area contributed by atoms with Gasteiger partial charge >= 0.3 is 0 Å². The SMILES string of the molecule is CC(=O)c1cc(C)c(-c2cc3c(-c4cnn(C)c4)n[nH]c3cn2)c(F)c1. The first kappa shape index (κ1) is 16.1. The summed E-state index contributed by atoms with van der Waals surface area (Å²) in [5, 5.41) is 12.3. The van der Waals surface area contributed by atoms with Gasteiger partial charge in [0.15, 0.2) is 5.78 Å². The molecule has 0 fully saturated rings. The minimum atomic E-state index is -0.464. The van der Waals surface area contributed by atoms with Crippen molar-refractivity contribution in [3.63, 3.8) is 0 Å². The number of halogens is 1. The van der Waals surface area contributed by atoms with E-state index in [0.29, 0.717) is 22.4 Å². The van der Waals surface area contributed by atoms with Crippen molar-refractivity contribution in [3.8, 4) is 22.5 Å². The molecule has 0 bridgehead atoms. The Labute approximate surface area is 148 Å². The molecule has 0 amide bonds. The van der Waals surface area contributed by atoms with Gasteiger partial charge in [0, 0.05) is 35.3 Å². The summed E-state index contributed by atoms with van der Waals surface area (Å²) in [6.45, 7) is 3.19. The maximum atomic E-state index is 14.7. The molecule has 3 heterocycles. The Morgan fingerprint density at radius 3 is 2.69 bits per heavy atom. The zero-order valence-corrected chi connectivity index (χ0v) is 14.5. The number of aryl methyl sites for hydroxylation is 2. The number of aromatic amines is 1. The van der Waals surface area contributed by atoms with Gasteiger partial charge in [0.25, 0.3) is 0 Å². The van der Waals surface area contributed by atoms with E-state index in [1.54, 1.807) is 36.1 Å². The minimum absolute atomic E-state index is 0.171. The number of nitrogens with one attached hydrogen (secondary N) is 1. The van der Waals surface area contributed by atoms with Gasteiger partial charge < -0.3 is 0 Å². The molecule has 0 unspecified atom stereocenters. The number of H-pyrrole nitrogens is 1. The predicted octanol–water partition coefficient (Wildman–Crippen LogP) is 3.68. The Hall–Kier alpha value is -3.35. The second-order valence-corrected chi connectivity index (χ2v) is 6.30. The molecular weight excluding hydrogens is 333 g/mol. The molecule has 130 valence electrons. The summed E-state index contributed by atoms with van der Waals surface area (Å²) in [4.78, 5) is 15.9. The van der Waals surface area contributed by atoms with Crippen LogP contribution in [0.5, 0.6) is 0 Å². The maximum absolute atomic E-state index is 14.7. The van der Waals surface area contributed by atoms with Crippen LogP contribution in [0.2, 0.25) is 0 Å². The number of carbonyl (C=O) groups excluding carboxylic acids is 1. The minimum Gasteiger partial charge on any atom is -0.295 e. The molecule has 0 saturated heterocycles. The van der Waals surface area contributed by atoms with Crippen molar-refractivity contribution >= 4 is 16.7 Å². The normalized spacial score (nSPS) is 11.2. The largest absolute Gasteiger partial charge is 0.295 e. The lowest BCUT2D eigenvalue weighted by Crippen LogP contribution is -1.98. The van der Waals surface area contributed by atoms with Crippen molar-refractivity contribution in [2.75, 3.05) is 0 Å². The maximum Gasteiger partial charge on any atom is 0.159 e. The van der Waals surface area contributed by atoms with Crippen molar-refractivity contribution in [2.45, 2.75) is 13.8 Å². The number of ketones is 1. The number of rotatable bonds is 3. The third-order valence-electron chi connectivity index (χ3n) is 4.38. The summed E-state index contributed by atoms with van der Waals surface area (Å²) in [5.41, 5.74) is 4.24. The van der Waals surface area contributed by atoms with E-state index >= 15 is 0 Å². The molecule has 0 atom stereocenters. The molecule has 1 N–H and O–H groups in total. The molecule has 6 nitrogen and oxygen atoms in total. The topological polar surface area (TPSA) is 76.5 Å². The van der Waals surface area contributed by atoms with E-state index < -0.39 is 5.82 Å². The number of hydrogen-bond acceptors (Lipinski definition) is 4. The molecule has 1 aromatic carbocycles. The molecule has 26 heavy (non-hydrogen) atoms. The van der Waals surface area contributed by atoms with Crippen LogP contribution in [0.3, 0.4) is 0 Å². The number of nitrogens with zero attached hydrogens (tertiary/aromatic N) is 4. The lowest BCUT2D eigenvalue weighted by molar-refractivity contribution is 0.101. The molecule has 0 aliphatic carbocycles. The summed E-state index contributed by atoms with van der Waals surface area (Å²) in [7, 11) is 1.83. The first-order chi connectivity index (χ1) is 12.4. The zero-order chi connectivity index (χ0) is 18.4. The predicted molar refractivity (Wildman–Crippen MR) is 96.2 cm³/mol. The molecule has 3 aromatic heterocycles. The number of hydrogen-bond donors (Lipinski definition) is 1. The van der Waals surface area contributed by atoms with Crippen molar-refractivity contribution in [2.24, 2.45) is 7.05 Å². The highest BCUT2D eigenvalue weighted by molar-refractivity contribution is 5.96. The second kappa shape index (κ2) is 5.87. The number of fused-ring (bicyclic) bond motifs is 1. The summed E-state index contributed by atoms with van der Waals surface area (Å²) in [5.74, 6) is -0.635. The van der Waals surface area contributed by atoms with Crippen molar-refractivity contribution in [1.29, 1.82) is 0 Å². The fraction of sp³-hybridized carbons (Fsp3) is 0.158. The van der Waals surface area contributed by atoms with Crippen LogP contribution in [0, 0.1) is 12.7 Å². The van der Waals surface area contributed by atoms with Crippen LogP contribution in [0.1, 0.15) is 22.8 Å². The van der Waals surface area contributed by atoms with Crippen LogP contribution in [0.4, 0.5) is 4.39 Å². The fourth-order valence-electron chi connectivity index (χ4n) is 3.09. The molecule has 0 spiro atoms. The monoisotopic (exact) mass is 349 g/mol. The van der Waals surface area contributed by atoms with Gasteiger partial charge in [0.1, 0.15) is 11.5 Å². The van der Waals surface area contributed by atoms with Crippen LogP contribution in [-0.2, 0) is 7.05 Å². The number of aromatic nitrogens is 5. The highest BCUT2D eigenvalue weighted by Gasteiger charge is 2.16. The van der Waals surface area contributed by atoms with Gasteiger partial charge in [-0.2, -0.15) is 10.2 Å². The molecule has 7 heteroatoms. The average Bonchev–Trinajstić information content (AvgIpc) is 3.19.